The first-order valence-corrected chi connectivity index (χ1v) is 18.9. The molecule has 0 aliphatic carbocycles. The molecule has 0 fully saturated rings. The van der Waals surface area contributed by atoms with Gasteiger partial charge in [0, 0.05) is 38.0 Å². The lowest BCUT2D eigenvalue weighted by molar-refractivity contribution is 0.239. The van der Waals surface area contributed by atoms with Gasteiger partial charge < -0.3 is 31.9 Å². The molecule has 0 saturated carbocycles. The predicted octanol–water partition coefficient (Wildman–Crippen LogP) is 8.00. The molecule has 8 nitrogen and oxygen atoms in total. The zero-order valence-corrected chi connectivity index (χ0v) is 32.6. The number of halogens is 2. The lowest BCUT2D eigenvalue weighted by atomic mass is 9.91. The summed E-state index contributed by atoms with van der Waals surface area (Å²) in [6.45, 7) is 6.25. The summed E-state index contributed by atoms with van der Waals surface area (Å²) in [7, 11) is 0. The Labute approximate surface area is 329 Å². The number of hydrogen-bond donors (Lipinski definition) is 6. The lowest BCUT2D eigenvalue weighted by Crippen LogP contribution is -2.39. The van der Waals surface area contributed by atoms with Gasteiger partial charge in [-0.15, -0.1) is 24.8 Å². The first kappa shape index (κ1) is 45.1. The molecule has 0 saturated heterocycles. The van der Waals surface area contributed by atoms with Crippen molar-refractivity contribution in [2.45, 2.75) is 56.8 Å². The second-order valence-electron chi connectivity index (χ2n) is 13.0. The fraction of sp³-hybridized carbons (Fsp3) is 0.395. The first-order chi connectivity index (χ1) is 25.2. The van der Waals surface area contributed by atoms with Gasteiger partial charge in [0.05, 0.1) is 0 Å². The largest absolute Gasteiger partial charge is 0.338 e. The molecule has 0 atom stereocenters. The van der Waals surface area contributed by atoms with Crippen LogP contribution in [0.3, 0.4) is 0 Å². The molecule has 0 bridgehead atoms. The van der Waals surface area contributed by atoms with E-state index in [1.807, 2.05) is 72.8 Å². The minimum absolute atomic E-state index is 0. The van der Waals surface area contributed by atoms with E-state index >= 15 is 0 Å². The number of nitrogens with one attached hydrogen (secondary N) is 6. The SMILES string of the molecule is Cl.Cl.O=C(NCCCNCCCCCCCNCCCNC(=O)NCC(c1ccccc1)c1ccccc1)NCC(c1ccccc1)c1ccccc1. The molecular weight excluding hydrogens is 703 g/mol. The third kappa shape index (κ3) is 18.5. The summed E-state index contributed by atoms with van der Waals surface area (Å²) < 4.78 is 0. The number of carbonyl (C=O) groups excluding carboxylic acids is 2. The molecule has 53 heavy (non-hydrogen) atoms. The predicted molar refractivity (Wildman–Crippen MR) is 225 cm³/mol. The summed E-state index contributed by atoms with van der Waals surface area (Å²) in [5.74, 6) is 0.242. The third-order valence-electron chi connectivity index (χ3n) is 9.08. The minimum atomic E-state index is -0.118. The van der Waals surface area contributed by atoms with Crippen molar-refractivity contribution in [2.24, 2.45) is 0 Å². The summed E-state index contributed by atoms with van der Waals surface area (Å²) in [5.41, 5.74) is 4.78. The Kier molecular flexibility index (Phi) is 24.2. The van der Waals surface area contributed by atoms with E-state index < -0.39 is 0 Å². The highest BCUT2D eigenvalue weighted by molar-refractivity contribution is 5.85. The van der Waals surface area contributed by atoms with Crippen LogP contribution in [-0.4, -0.2) is 64.4 Å². The van der Waals surface area contributed by atoms with Crippen LogP contribution >= 0.6 is 24.8 Å². The molecular formula is C43H60Cl2N6O2. The van der Waals surface area contributed by atoms with Gasteiger partial charge in [-0.25, -0.2) is 9.59 Å². The van der Waals surface area contributed by atoms with Crippen molar-refractivity contribution < 1.29 is 9.59 Å². The molecule has 4 amide bonds. The van der Waals surface area contributed by atoms with Crippen molar-refractivity contribution in [3.8, 4) is 0 Å². The summed E-state index contributed by atoms with van der Waals surface area (Å²) in [6.07, 6.45) is 7.86. The molecule has 0 radical (unpaired) electrons. The molecule has 0 aliphatic rings. The van der Waals surface area contributed by atoms with E-state index in [2.05, 4.69) is 80.4 Å². The molecule has 0 unspecified atom stereocenters. The summed E-state index contributed by atoms with van der Waals surface area (Å²) >= 11 is 0. The van der Waals surface area contributed by atoms with Gasteiger partial charge in [-0.1, -0.05) is 141 Å². The van der Waals surface area contributed by atoms with Crippen molar-refractivity contribution in [1.82, 2.24) is 31.9 Å². The van der Waals surface area contributed by atoms with Crippen LogP contribution < -0.4 is 31.9 Å². The van der Waals surface area contributed by atoms with Gasteiger partial charge in [-0.2, -0.15) is 0 Å². The molecule has 6 N–H and O–H groups in total. The Morgan fingerprint density at radius 2 is 0.642 bits per heavy atom. The van der Waals surface area contributed by atoms with Gasteiger partial charge in [-0.3, -0.25) is 0 Å². The number of benzene rings is 4. The fourth-order valence-corrected chi connectivity index (χ4v) is 6.22. The summed E-state index contributed by atoms with van der Waals surface area (Å²) in [6, 6.07) is 41.1. The summed E-state index contributed by atoms with van der Waals surface area (Å²) in [5, 5.41) is 19.1. The van der Waals surface area contributed by atoms with E-state index in [1.165, 1.54) is 54.4 Å². The smallest absolute Gasteiger partial charge is 0.314 e. The second kappa shape index (κ2) is 28.4. The van der Waals surface area contributed by atoms with Gasteiger partial charge in [-0.05, 0) is 74.1 Å². The van der Waals surface area contributed by atoms with E-state index in [1.54, 1.807) is 0 Å². The number of rotatable bonds is 24. The molecule has 4 aromatic carbocycles. The number of unbranched alkanes of at least 4 members (excludes halogenated alkanes) is 4. The maximum absolute atomic E-state index is 12.4. The van der Waals surface area contributed by atoms with E-state index in [0.29, 0.717) is 26.2 Å². The highest BCUT2D eigenvalue weighted by Gasteiger charge is 2.16. The van der Waals surface area contributed by atoms with Crippen LogP contribution in [0.2, 0.25) is 0 Å². The Balaban J connectivity index is 0.00000486. The van der Waals surface area contributed by atoms with Crippen molar-refractivity contribution in [3.05, 3.63) is 144 Å². The van der Waals surface area contributed by atoms with Gasteiger partial charge >= 0.3 is 12.1 Å². The van der Waals surface area contributed by atoms with Gasteiger partial charge in [0.25, 0.3) is 0 Å². The molecule has 0 aliphatic heterocycles. The third-order valence-corrected chi connectivity index (χ3v) is 9.08. The van der Waals surface area contributed by atoms with Crippen LogP contribution in [0.25, 0.3) is 0 Å². The molecule has 288 valence electrons. The molecule has 4 aromatic rings. The Bertz CT molecular complexity index is 1290. The standard InChI is InChI=1S/C43H58N6O2.2ClH/c50-42(48-34-40(36-20-8-4-9-21-36)37-22-10-5-11-23-37)46-32-18-30-44-28-16-2-1-3-17-29-45-31-19-33-47-43(51)49-35-41(38-24-12-6-13-25-38)39-26-14-7-15-27-39;;/h4-15,20-27,40-41,44-45H,1-3,16-19,28-35H2,(H2,46,48,50)(H2,47,49,51);2*1H. The minimum Gasteiger partial charge on any atom is -0.338 e. The normalized spacial score (nSPS) is 10.6. The quantitative estimate of drug-likeness (QED) is 0.0407. The Morgan fingerprint density at radius 3 is 0.962 bits per heavy atom. The van der Waals surface area contributed by atoms with Crippen LogP contribution in [0.15, 0.2) is 121 Å². The van der Waals surface area contributed by atoms with Crippen LogP contribution in [-0.2, 0) is 0 Å². The van der Waals surface area contributed by atoms with Gasteiger partial charge in [0.1, 0.15) is 0 Å². The van der Waals surface area contributed by atoms with Crippen LogP contribution in [0, 0.1) is 0 Å². The van der Waals surface area contributed by atoms with E-state index in [9.17, 15) is 9.59 Å². The van der Waals surface area contributed by atoms with Crippen LogP contribution in [0.5, 0.6) is 0 Å². The monoisotopic (exact) mass is 762 g/mol. The summed E-state index contributed by atoms with van der Waals surface area (Å²) in [4.78, 5) is 24.9. The number of hydrogen-bond acceptors (Lipinski definition) is 4. The number of amides is 4. The average molecular weight is 764 g/mol. The maximum Gasteiger partial charge on any atom is 0.314 e. The topological polar surface area (TPSA) is 106 Å². The highest BCUT2D eigenvalue weighted by atomic mass is 35.5. The lowest BCUT2D eigenvalue weighted by Gasteiger charge is -2.19. The Hall–Kier alpha value is -4.08. The fourth-order valence-electron chi connectivity index (χ4n) is 6.22. The number of carbonyl (C=O) groups is 2. The molecule has 0 aromatic heterocycles. The number of urea groups is 2. The first-order valence-electron chi connectivity index (χ1n) is 18.9. The molecule has 0 heterocycles. The van der Waals surface area contributed by atoms with Crippen LogP contribution in [0.1, 0.15) is 79.0 Å². The van der Waals surface area contributed by atoms with E-state index in [0.717, 1.165) is 39.0 Å². The maximum atomic E-state index is 12.4. The van der Waals surface area contributed by atoms with Crippen molar-refractivity contribution in [1.29, 1.82) is 0 Å². The van der Waals surface area contributed by atoms with E-state index in [4.69, 9.17) is 0 Å². The molecule has 0 spiro atoms. The Morgan fingerprint density at radius 1 is 0.358 bits per heavy atom. The zero-order valence-electron chi connectivity index (χ0n) is 30.9. The van der Waals surface area contributed by atoms with Crippen molar-refractivity contribution in [3.63, 3.8) is 0 Å². The van der Waals surface area contributed by atoms with Crippen LogP contribution in [0.4, 0.5) is 9.59 Å². The molecule has 10 heteroatoms. The van der Waals surface area contributed by atoms with Crippen molar-refractivity contribution >= 4 is 36.9 Å². The van der Waals surface area contributed by atoms with Crippen molar-refractivity contribution in [2.75, 3.05) is 52.4 Å². The molecule has 4 rings (SSSR count). The second-order valence-corrected chi connectivity index (χ2v) is 13.0. The highest BCUT2D eigenvalue weighted by Crippen LogP contribution is 2.24. The zero-order chi connectivity index (χ0) is 35.6. The van der Waals surface area contributed by atoms with Gasteiger partial charge in [0.2, 0.25) is 0 Å². The van der Waals surface area contributed by atoms with E-state index in [-0.39, 0.29) is 48.7 Å². The average Bonchev–Trinajstić information content (AvgIpc) is 3.18. The van der Waals surface area contributed by atoms with Gasteiger partial charge in [0.15, 0.2) is 0 Å².